The van der Waals surface area contributed by atoms with Gasteiger partial charge in [-0.25, -0.2) is 0 Å². The number of ether oxygens (including phenoxy) is 1. The van der Waals surface area contributed by atoms with E-state index in [0.29, 0.717) is 5.92 Å². The number of anilines is 3. The predicted molar refractivity (Wildman–Crippen MR) is 249 cm³/mol. The monoisotopic (exact) mass is 755 g/mol. The molecule has 0 bridgehead atoms. The Hall–Kier alpha value is -7.42. The third kappa shape index (κ3) is 6.04. The second kappa shape index (κ2) is 14.5. The van der Waals surface area contributed by atoms with Gasteiger partial charge in [0.15, 0.2) is 0 Å². The average molecular weight is 756 g/mol. The zero-order valence-corrected chi connectivity index (χ0v) is 32.8. The van der Waals surface area contributed by atoms with Crippen LogP contribution in [0.5, 0.6) is 11.5 Å². The van der Waals surface area contributed by atoms with Gasteiger partial charge in [0.25, 0.3) is 0 Å². The number of hydrogen-bond acceptors (Lipinski definition) is 2. The number of rotatable bonds is 7. The first kappa shape index (κ1) is 34.8. The zero-order valence-electron chi connectivity index (χ0n) is 32.8. The molecule has 1 heterocycles. The molecule has 2 nitrogen and oxygen atoms in total. The molecule has 2 heteroatoms. The van der Waals surface area contributed by atoms with Crippen molar-refractivity contribution in [1.82, 2.24) is 0 Å². The van der Waals surface area contributed by atoms with Gasteiger partial charge in [0.05, 0.1) is 17.1 Å². The normalized spacial score (nSPS) is 14.1. The number of para-hydroxylation sites is 3. The lowest BCUT2D eigenvalue weighted by atomic mass is 9.89. The van der Waals surface area contributed by atoms with Crippen molar-refractivity contribution in [1.29, 1.82) is 0 Å². The van der Waals surface area contributed by atoms with Crippen molar-refractivity contribution in [2.75, 3.05) is 4.90 Å². The van der Waals surface area contributed by atoms with Crippen molar-refractivity contribution in [2.24, 2.45) is 5.92 Å². The molecule has 9 aromatic carbocycles. The molecule has 0 saturated carbocycles. The number of fused-ring (bicyclic) bond motifs is 3. The summed E-state index contributed by atoms with van der Waals surface area (Å²) in [4.78, 5) is 2.50. The van der Waals surface area contributed by atoms with Gasteiger partial charge in [-0.3, -0.25) is 0 Å². The maximum Gasteiger partial charge on any atom is 0.135 e. The molecule has 9 aromatic rings. The van der Waals surface area contributed by atoms with Crippen molar-refractivity contribution >= 4 is 44.2 Å². The van der Waals surface area contributed by atoms with Crippen LogP contribution in [-0.4, -0.2) is 0 Å². The van der Waals surface area contributed by atoms with E-state index in [9.17, 15) is 0 Å². The maximum absolute atomic E-state index is 6.57. The average Bonchev–Trinajstić information content (AvgIpc) is 3.30. The minimum absolute atomic E-state index is 0.454. The van der Waals surface area contributed by atoms with Gasteiger partial charge in [-0.2, -0.15) is 0 Å². The number of nitrogens with zero attached hydrogens (tertiary/aromatic N) is 1. The molecule has 0 N–H and O–H groups in total. The summed E-state index contributed by atoms with van der Waals surface area (Å²) >= 11 is 0. The summed E-state index contributed by atoms with van der Waals surface area (Å²) in [7, 11) is 0. The van der Waals surface area contributed by atoms with Crippen molar-refractivity contribution in [3.8, 4) is 56.0 Å². The van der Waals surface area contributed by atoms with Crippen molar-refractivity contribution < 1.29 is 4.74 Å². The van der Waals surface area contributed by atoms with Crippen molar-refractivity contribution in [2.45, 2.75) is 13.3 Å². The minimum atomic E-state index is 0.454. The Labute approximate surface area is 345 Å². The van der Waals surface area contributed by atoms with E-state index >= 15 is 0 Å². The van der Waals surface area contributed by atoms with E-state index in [0.717, 1.165) is 62.6 Å². The van der Waals surface area contributed by atoms with E-state index in [1.54, 1.807) is 0 Å². The van der Waals surface area contributed by atoms with Gasteiger partial charge in [0, 0.05) is 27.6 Å². The summed E-state index contributed by atoms with van der Waals surface area (Å²) in [5, 5.41) is 4.79. The van der Waals surface area contributed by atoms with Crippen LogP contribution in [0.15, 0.2) is 212 Å². The van der Waals surface area contributed by atoms with Gasteiger partial charge in [-0.1, -0.05) is 183 Å². The van der Waals surface area contributed by atoms with E-state index < -0.39 is 0 Å². The van der Waals surface area contributed by atoms with Crippen LogP contribution in [0, 0.1) is 5.92 Å². The van der Waals surface area contributed by atoms with Crippen LogP contribution < -0.4 is 9.64 Å². The Morgan fingerprint density at radius 2 is 0.983 bits per heavy atom. The molecule has 59 heavy (non-hydrogen) atoms. The van der Waals surface area contributed by atoms with Crippen molar-refractivity contribution in [3.63, 3.8) is 0 Å². The van der Waals surface area contributed by atoms with Gasteiger partial charge in [0.1, 0.15) is 11.5 Å². The summed E-state index contributed by atoms with van der Waals surface area (Å²) in [6.07, 6.45) is 8.09. The first-order chi connectivity index (χ1) is 29.2. The Balaban J connectivity index is 1.17. The first-order valence-electron chi connectivity index (χ1n) is 20.6. The van der Waals surface area contributed by atoms with Crippen LogP contribution in [0.25, 0.3) is 71.6 Å². The number of allylic oxidation sites excluding steroid dienone is 4. The SMILES string of the molecule is CC1C=C(c2ccccc2N(c2ccccc2-c2ccc3c(c2)-c2cccc4cccc(c24)O3)c2ccccc2-c2cccc3cccc(-c4ccccc4)c23)C=CC1. The lowest BCUT2D eigenvalue weighted by Gasteiger charge is -2.32. The first-order valence-corrected chi connectivity index (χ1v) is 20.6. The summed E-state index contributed by atoms with van der Waals surface area (Å²) in [5.74, 6) is 2.23. The topological polar surface area (TPSA) is 12.5 Å². The van der Waals surface area contributed by atoms with E-state index in [4.69, 9.17) is 4.74 Å². The highest BCUT2D eigenvalue weighted by Gasteiger charge is 2.26. The largest absolute Gasteiger partial charge is 0.456 e. The molecule has 1 aliphatic heterocycles. The van der Waals surface area contributed by atoms with E-state index in [-0.39, 0.29) is 0 Å². The fourth-order valence-corrected chi connectivity index (χ4v) is 9.29. The molecule has 1 aliphatic carbocycles. The number of hydrogen-bond donors (Lipinski definition) is 0. The molecule has 0 radical (unpaired) electrons. The van der Waals surface area contributed by atoms with E-state index in [1.165, 1.54) is 49.5 Å². The molecule has 0 saturated heterocycles. The fraction of sp³-hybridized carbons (Fsp3) is 0.0526. The van der Waals surface area contributed by atoms with Crippen LogP contribution >= 0.6 is 0 Å². The highest BCUT2D eigenvalue weighted by molar-refractivity contribution is 6.10. The molecule has 0 aromatic heterocycles. The second-order valence-electron chi connectivity index (χ2n) is 15.7. The van der Waals surface area contributed by atoms with Crippen LogP contribution in [-0.2, 0) is 0 Å². The summed E-state index contributed by atoms with van der Waals surface area (Å²) in [6.45, 7) is 2.30. The van der Waals surface area contributed by atoms with Crippen LogP contribution in [0.1, 0.15) is 18.9 Å². The minimum Gasteiger partial charge on any atom is -0.456 e. The van der Waals surface area contributed by atoms with Crippen molar-refractivity contribution in [3.05, 3.63) is 218 Å². The molecule has 0 amide bonds. The summed E-state index contributed by atoms with van der Waals surface area (Å²) in [6, 6.07) is 70.4. The molecule has 0 spiro atoms. The molecule has 11 rings (SSSR count). The van der Waals surface area contributed by atoms with Gasteiger partial charge in [-0.15, -0.1) is 0 Å². The standard InChI is InChI=1S/C57H41NO/c1-38-16-11-23-42(36-38)44-24-5-8-30-51(44)58(53-32-10-7-26-47(53)48-28-13-20-40-19-12-27-46(56(40)48)39-17-3-2-4-18-39)52-31-9-6-25-45(52)43-34-35-54-50(37-43)49-29-14-21-41-22-15-33-55(59-54)57(41)49/h2-15,17-38H,16H2,1H3. The lowest BCUT2D eigenvalue weighted by Crippen LogP contribution is -2.14. The van der Waals surface area contributed by atoms with Crippen LogP contribution in [0.2, 0.25) is 0 Å². The Morgan fingerprint density at radius 3 is 1.71 bits per heavy atom. The third-order valence-corrected chi connectivity index (χ3v) is 12.0. The maximum atomic E-state index is 6.57. The summed E-state index contributed by atoms with van der Waals surface area (Å²) < 4.78 is 6.57. The van der Waals surface area contributed by atoms with E-state index in [2.05, 4.69) is 224 Å². The number of benzene rings is 9. The molecule has 0 fully saturated rings. The van der Waals surface area contributed by atoms with Crippen LogP contribution in [0.4, 0.5) is 17.1 Å². The zero-order chi connectivity index (χ0) is 39.3. The quantitative estimate of drug-likeness (QED) is 0.161. The lowest BCUT2D eigenvalue weighted by molar-refractivity contribution is 0.487. The molecule has 1 unspecified atom stereocenters. The van der Waals surface area contributed by atoms with Gasteiger partial charge in [0.2, 0.25) is 0 Å². The molecular formula is C57H41NO. The van der Waals surface area contributed by atoms with Gasteiger partial charge < -0.3 is 9.64 Å². The third-order valence-electron chi connectivity index (χ3n) is 12.0. The molecule has 2 aliphatic rings. The molecule has 280 valence electrons. The molecular weight excluding hydrogens is 715 g/mol. The molecule has 1 atom stereocenters. The van der Waals surface area contributed by atoms with Gasteiger partial charge >= 0.3 is 0 Å². The van der Waals surface area contributed by atoms with Crippen LogP contribution in [0.3, 0.4) is 0 Å². The smallest absolute Gasteiger partial charge is 0.135 e. The highest BCUT2D eigenvalue weighted by Crippen LogP contribution is 2.51. The Bertz CT molecular complexity index is 3130. The second-order valence-corrected chi connectivity index (χ2v) is 15.7. The predicted octanol–water partition coefficient (Wildman–Crippen LogP) is 16.2. The Kier molecular flexibility index (Phi) is 8.56. The highest BCUT2D eigenvalue weighted by atomic mass is 16.5. The fourth-order valence-electron chi connectivity index (χ4n) is 9.29. The summed E-state index contributed by atoms with van der Waals surface area (Å²) in [5.41, 5.74) is 15.1. The van der Waals surface area contributed by atoms with Gasteiger partial charge in [-0.05, 0) is 98.3 Å². The Morgan fingerprint density at radius 1 is 0.424 bits per heavy atom. The van der Waals surface area contributed by atoms with E-state index in [1.807, 2.05) is 0 Å².